The van der Waals surface area contributed by atoms with Gasteiger partial charge in [0.05, 0.1) is 0 Å². The van der Waals surface area contributed by atoms with Gasteiger partial charge in [0, 0.05) is 19.7 Å². The summed E-state index contributed by atoms with van der Waals surface area (Å²) in [5.41, 5.74) is 5.83. The largest absolute Gasteiger partial charge is 0.369 e. The van der Waals surface area contributed by atoms with Crippen LogP contribution in [0.4, 0.5) is 4.39 Å². The van der Waals surface area contributed by atoms with Gasteiger partial charge in [-0.3, -0.25) is 14.7 Å². The Morgan fingerprint density at radius 2 is 1.93 bits per heavy atom. The van der Waals surface area contributed by atoms with Gasteiger partial charge in [-0.15, -0.1) is 0 Å². The van der Waals surface area contributed by atoms with Crippen LogP contribution in [0.3, 0.4) is 0 Å². The molecule has 1 aromatic carbocycles. The Morgan fingerprint density at radius 3 is 2.40 bits per heavy atom. The third kappa shape index (κ3) is 2.52. The van der Waals surface area contributed by atoms with Crippen molar-refractivity contribution >= 4 is 11.9 Å². The molecule has 1 amide bonds. The fraction of sp³-hybridized carbons (Fsp3) is 0.200. The van der Waals surface area contributed by atoms with E-state index in [-0.39, 0.29) is 17.7 Å². The quantitative estimate of drug-likeness (QED) is 0.550. The topological polar surface area (TPSA) is 58.7 Å². The van der Waals surface area contributed by atoms with Crippen molar-refractivity contribution in [1.82, 2.24) is 4.90 Å². The summed E-state index contributed by atoms with van der Waals surface area (Å²) in [5, 5.41) is 0. The van der Waals surface area contributed by atoms with E-state index in [1.165, 1.54) is 43.3 Å². The highest BCUT2D eigenvalue weighted by molar-refractivity contribution is 6.04. The SMILES string of the molecule is CN=C(N)N(C)C(=O)c1ccc(F)cc1. The third-order valence-corrected chi connectivity index (χ3v) is 1.97. The maximum absolute atomic E-state index is 12.6. The monoisotopic (exact) mass is 209 g/mol. The maximum Gasteiger partial charge on any atom is 0.260 e. The van der Waals surface area contributed by atoms with Gasteiger partial charge in [0.15, 0.2) is 5.96 Å². The Balaban J connectivity index is 2.90. The lowest BCUT2D eigenvalue weighted by Crippen LogP contribution is -2.38. The minimum absolute atomic E-state index is 0.115. The molecule has 0 bridgehead atoms. The van der Waals surface area contributed by atoms with Gasteiger partial charge in [0.1, 0.15) is 5.82 Å². The van der Waals surface area contributed by atoms with Crippen molar-refractivity contribution in [2.24, 2.45) is 10.7 Å². The van der Waals surface area contributed by atoms with E-state index in [4.69, 9.17) is 5.73 Å². The zero-order valence-corrected chi connectivity index (χ0v) is 8.57. The molecular weight excluding hydrogens is 197 g/mol. The summed E-state index contributed by atoms with van der Waals surface area (Å²) in [6.45, 7) is 0. The third-order valence-electron chi connectivity index (χ3n) is 1.97. The van der Waals surface area contributed by atoms with Crippen LogP contribution in [0.1, 0.15) is 10.4 Å². The van der Waals surface area contributed by atoms with Crippen LogP contribution in [0.15, 0.2) is 29.3 Å². The molecule has 0 saturated carbocycles. The van der Waals surface area contributed by atoms with Crippen molar-refractivity contribution in [3.63, 3.8) is 0 Å². The van der Waals surface area contributed by atoms with Gasteiger partial charge < -0.3 is 5.73 Å². The van der Waals surface area contributed by atoms with Gasteiger partial charge >= 0.3 is 0 Å². The minimum Gasteiger partial charge on any atom is -0.369 e. The molecule has 0 saturated heterocycles. The van der Waals surface area contributed by atoms with Crippen LogP contribution in [0.25, 0.3) is 0 Å². The minimum atomic E-state index is -0.383. The molecule has 1 aromatic rings. The second-order valence-electron chi connectivity index (χ2n) is 2.95. The Bertz CT molecular complexity index is 386. The van der Waals surface area contributed by atoms with E-state index in [9.17, 15) is 9.18 Å². The van der Waals surface area contributed by atoms with E-state index >= 15 is 0 Å². The summed E-state index contributed by atoms with van der Waals surface area (Å²) < 4.78 is 12.6. The second kappa shape index (κ2) is 4.54. The van der Waals surface area contributed by atoms with E-state index < -0.39 is 0 Å². The van der Waals surface area contributed by atoms with Crippen LogP contribution in [0.2, 0.25) is 0 Å². The number of carbonyl (C=O) groups excluding carboxylic acids is 1. The highest BCUT2D eigenvalue weighted by Crippen LogP contribution is 2.05. The average molecular weight is 209 g/mol. The number of rotatable bonds is 1. The first-order valence-electron chi connectivity index (χ1n) is 4.32. The molecule has 0 spiro atoms. The normalized spacial score (nSPS) is 11.3. The van der Waals surface area contributed by atoms with E-state index in [0.29, 0.717) is 5.56 Å². The molecule has 0 heterocycles. The van der Waals surface area contributed by atoms with Crippen molar-refractivity contribution in [2.45, 2.75) is 0 Å². The van der Waals surface area contributed by atoms with Crippen LogP contribution < -0.4 is 5.73 Å². The maximum atomic E-state index is 12.6. The molecule has 1 rings (SSSR count). The van der Waals surface area contributed by atoms with Crippen LogP contribution in [0.5, 0.6) is 0 Å². The van der Waals surface area contributed by atoms with Crippen LogP contribution in [-0.2, 0) is 0 Å². The first kappa shape index (κ1) is 11.2. The molecule has 4 nitrogen and oxygen atoms in total. The number of amides is 1. The molecule has 0 radical (unpaired) electrons. The molecule has 0 aliphatic heterocycles. The molecule has 0 fully saturated rings. The smallest absolute Gasteiger partial charge is 0.260 e. The molecular formula is C10H12FN3O. The standard InChI is InChI=1S/C10H12FN3O/c1-13-10(12)14(2)9(15)7-3-5-8(11)6-4-7/h3-6H,1-2H3,(H2,12,13). The molecule has 0 aliphatic carbocycles. The zero-order valence-electron chi connectivity index (χ0n) is 8.57. The van der Waals surface area contributed by atoms with Crippen LogP contribution >= 0.6 is 0 Å². The van der Waals surface area contributed by atoms with Gasteiger partial charge in [0.2, 0.25) is 0 Å². The fourth-order valence-electron chi connectivity index (χ4n) is 1.04. The highest BCUT2D eigenvalue weighted by Gasteiger charge is 2.13. The Hall–Kier alpha value is -1.91. The summed E-state index contributed by atoms with van der Waals surface area (Å²) in [5.74, 6) is -0.589. The number of benzene rings is 1. The first-order valence-corrected chi connectivity index (χ1v) is 4.32. The second-order valence-corrected chi connectivity index (χ2v) is 2.95. The Labute approximate surface area is 87.2 Å². The number of aliphatic imine (C=N–C) groups is 1. The summed E-state index contributed by atoms with van der Waals surface area (Å²) in [4.78, 5) is 16.6. The molecule has 0 aromatic heterocycles. The zero-order chi connectivity index (χ0) is 11.4. The molecule has 0 aliphatic rings. The average Bonchev–Trinajstić information content (AvgIpc) is 2.27. The lowest BCUT2D eigenvalue weighted by atomic mass is 10.2. The number of carbonyl (C=O) groups is 1. The highest BCUT2D eigenvalue weighted by atomic mass is 19.1. The van der Waals surface area contributed by atoms with Gasteiger partial charge in [0.25, 0.3) is 5.91 Å². The van der Waals surface area contributed by atoms with Gasteiger partial charge in [-0.25, -0.2) is 4.39 Å². The molecule has 2 N–H and O–H groups in total. The first-order chi connectivity index (χ1) is 7.06. The summed E-state index contributed by atoms with van der Waals surface area (Å²) in [6.07, 6.45) is 0. The van der Waals surface area contributed by atoms with Crippen LogP contribution in [0, 0.1) is 5.82 Å². The fourth-order valence-corrected chi connectivity index (χ4v) is 1.04. The Morgan fingerprint density at radius 1 is 1.40 bits per heavy atom. The van der Waals surface area contributed by atoms with Crippen molar-refractivity contribution < 1.29 is 9.18 Å². The van der Waals surface area contributed by atoms with E-state index in [1.54, 1.807) is 0 Å². The van der Waals surface area contributed by atoms with Crippen molar-refractivity contribution in [3.8, 4) is 0 Å². The van der Waals surface area contributed by atoms with Gasteiger partial charge in [-0.1, -0.05) is 0 Å². The summed E-state index contributed by atoms with van der Waals surface area (Å²) in [7, 11) is 3.00. The van der Waals surface area contributed by atoms with Crippen molar-refractivity contribution in [1.29, 1.82) is 0 Å². The summed E-state index contributed by atoms with van der Waals surface area (Å²) in [6, 6.07) is 5.24. The molecule has 5 heteroatoms. The number of hydrogen-bond donors (Lipinski definition) is 1. The molecule has 0 unspecified atom stereocenters. The van der Waals surface area contributed by atoms with E-state index in [0.717, 1.165) is 0 Å². The lowest BCUT2D eigenvalue weighted by Gasteiger charge is -2.15. The number of guanidine groups is 1. The van der Waals surface area contributed by atoms with Gasteiger partial charge in [-0.2, -0.15) is 0 Å². The number of hydrogen-bond acceptors (Lipinski definition) is 2. The van der Waals surface area contributed by atoms with Crippen LogP contribution in [-0.4, -0.2) is 30.9 Å². The van der Waals surface area contributed by atoms with Crippen molar-refractivity contribution in [2.75, 3.05) is 14.1 Å². The molecule has 0 atom stereocenters. The predicted molar refractivity (Wildman–Crippen MR) is 56.0 cm³/mol. The van der Waals surface area contributed by atoms with Gasteiger partial charge in [-0.05, 0) is 24.3 Å². The Kier molecular flexibility index (Phi) is 3.38. The van der Waals surface area contributed by atoms with E-state index in [1.807, 2.05) is 0 Å². The predicted octanol–water partition coefficient (Wildman–Crippen LogP) is 0.842. The number of nitrogens with zero attached hydrogens (tertiary/aromatic N) is 2. The lowest BCUT2D eigenvalue weighted by molar-refractivity contribution is 0.0869. The van der Waals surface area contributed by atoms with E-state index in [2.05, 4.69) is 4.99 Å². The molecule has 15 heavy (non-hydrogen) atoms. The van der Waals surface area contributed by atoms with Crippen molar-refractivity contribution in [3.05, 3.63) is 35.6 Å². The molecule has 80 valence electrons. The number of nitrogens with two attached hydrogens (primary N) is 1. The summed E-state index contributed by atoms with van der Waals surface area (Å²) >= 11 is 0. The number of halogens is 1.